The number of nitrogens with two attached hydrogens (primary N) is 1. The van der Waals surface area contributed by atoms with Crippen LogP contribution in [0.4, 0.5) is 0 Å². The Kier molecular flexibility index (Phi) is 12.4. The first-order chi connectivity index (χ1) is 16.4. The second-order valence-electron chi connectivity index (χ2n) is 9.93. The molecule has 0 saturated heterocycles. The number of carboxylic acid groups (broad SMARTS) is 1. The molecule has 1 aromatic rings. The SMILES string of the molecule is CCC(C)C(NC(=O)C(Cc1ccccc1)NC(=O)C(NC(=O)C(N)CC(C)C)C(C)C)C(=O)O. The highest BCUT2D eigenvalue weighted by atomic mass is 16.4. The van der Waals surface area contributed by atoms with Crippen LogP contribution in [0.3, 0.4) is 0 Å². The number of hydrogen-bond acceptors (Lipinski definition) is 5. The van der Waals surface area contributed by atoms with Crippen LogP contribution in [0.1, 0.15) is 59.9 Å². The molecule has 0 aliphatic carbocycles. The summed E-state index contributed by atoms with van der Waals surface area (Å²) in [6.07, 6.45) is 1.20. The smallest absolute Gasteiger partial charge is 0.326 e. The van der Waals surface area contributed by atoms with Gasteiger partial charge in [-0.05, 0) is 29.7 Å². The van der Waals surface area contributed by atoms with Crippen LogP contribution >= 0.6 is 0 Å². The Labute approximate surface area is 208 Å². The van der Waals surface area contributed by atoms with Gasteiger partial charge in [0.25, 0.3) is 0 Å². The summed E-state index contributed by atoms with van der Waals surface area (Å²) in [5, 5.41) is 17.6. The van der Waals surface area contributed by atoms with E-state index in [0.717, 1.165) is 5.56 Å². The van der Waals surface area contributed by atoms with Gasteiger partial charge in [0.05, 0.1) is 6.04 Å². The highest BCUT2D eigenvalue weighted by Gasteiger charge is 2.33. The molecule has 0 aromatic heterocycles. The van der Waals surface area contributed by atoms with Crippen molar-refractivity contribution in [3.63, 3.8) is 0 Å². The lowest BCUT2D eigenvalue weighted by Crippen LogP contribution is -2.59. The summed E-state index contributed by atoms with van der Waals surface area (Å²) in [6.45, 7) is 11.1. The van der Waals surface area contributed by atoms with E-state index in [4.69, 9.17) is 5.73 Å². The van der Waals surface area contributed by atoms with Crippen LogP contribution in [-0.4, -0.2) is 53.0 Å². The summed E-state index contributed by atoms with van der Waals surface area (Å²) < 4.78 is 0. The maximum atomic E-state index is 13.2. The predicted molar refractivity (Wildman–Crippen MR) is 135 cm³/mol. The fraction of sp³-hybridized carbons (Fsp3) is 0.615. The molecular formula is C26H42N4O5. The number of aliphatic carboxylic acids is 1. The van der Waals surface area contributed by atoms with Crippen molar-refractivity contribution in [2.75, 3.05) is 0 Å². The van der Waals surface area contributed by atoms with Crippen molar-refractivity contribution < 1.29 is 24.3 Å². The molecule has 5 unspecified atom stereocenters. The minimum absolute atomic E-state index is 0.164. The quantitative estimate of drug-likeness (QED) is 0.268. The molecule has 1 rings (SSSR count). The van der Waals surface area contributed by atoms with Gasteiger partial charge < -0.3 is 26.8 Å². The molecule has 0 bridgehead atoms. The molecule has 0 heterocycles. The molecule has 35 heavy (non-hydrogen) atoms. The summed E-state index contributed by atoms with van der Waals surface area (Å²) in [5.74, 6) is -3.04. The van der Waals surface area contributed by atoms with Gasteiger partial charge in [0.15, 0.2) is 0 Å². The van der Waals surface area contributed by atoms with Crippen molar-refractivity contribution in [1.29, 1.82) is 0 Å². The Balaban J connectivity index is 3.10. The topological polar surface area (TPSA) is 151 Å². The average Bonchev–Trinajstić information content (AvgIpc) is 2.79. The van der Waals surface area contributed by atoms with Crippen molar-refractivity contribution >= 4 is 23.7 Å². The molecule has 196 valence electrons. The van der Waals surface area contributed by atoms with Crippen LogP contribution in [0.2, 0.25) is 0 Å². The molecule has 0 aliphatic rings. The molecule has 0 aliphatic heterocycles. The van der Waals surface area contributed by atoms with E-state index >= 15 is 0 Å². The minimum Gasteiger partial charge on any atom is -0.480 e. The molecule has 0 fully saturated rings. The zero-order chi connectivity index (χ0) is 26.7. The predicted octanol–water partition coefficient (Wildman–Crippen LogP) is 1.84. The standard InChI is InChI=1S/C26H42N4O5/c1-7-17(6)22(26(34)35)30-24(32)20(14-18-11-9-8-10-12-18)28-25(33)21(16(4)5)29-23(31)19(27)13-15(2)3/h8-12,15-17,19-22H,7,13-14,27H2,1-6H3,(H,28,33)(H,29,31)(H,30,32)(H,34,35). The molecular weight excluding hydrogens is 448 g/mol. The van der Waals surface area contributed by atoms with Crippen LogP contribution in [0.25, 0.3) is 0 Å². The third-order valence-electron chi connectivity index (χ3n) is 6.00. The lowest BCUT2D eigenvalue weighted by Gasteiger charge is -2.28. The Morgan fingerprint density at radius 2 is 1.43 bits per heavy atom. The molecule has 0 radical (unpaired) electrons. The van der Waals surface area contributed by atoms with Crippen molar-refractivity contribution in [3.8, 4) is 0 Å². The number of carbonyl (C=O) groups excluding carboxylic acids is 3. The molecule has 0 spiro atoms. The van der Waals surface area contributed by atoms with Gasteiger partial charge >= 0.3 is 5.97 Å². The van der Waals surface area contributed by atoms with E-state index in [-0.39, 0.29) is 24.2 Å². The van der Waals surface area contributed by atoms with Crippen molar-refractivity contribution in [1.82, 2.24) is 16.0 Å². The van der Waals surface area contributed by atoms with Gasteiger partial charge in [-0.2, -0.15) is 0 Å². The van der Waals surface area contributed by atoms with Gasteiger partial charge in [-0.15, -0.1) is 0 Å². The van der Waals surface area contributed by atoms with Gasteiger partial charge in [-0.25, -0.2) is 4.79 Å². The number of nitrogens with one attached hydrogen (secondary N) is 3. The molecule has 6 N–H and O–H groups in total. The fourth-order valence-electron chi connectivity index (χ4n) is 3.67. The molecule has 0 saturated carbocycles. The van der Waals surface area contributed by atoms with E-state index in [1.54, 1.807) is 20.8 Å². The Hall–Kier alpha value is -2.94. The number of carbonyl (C=O) groups is 4. The number of amides is 3. The number of carboxylic acids is 1. The second-order valence-corrected chi connectivity index (χ2v) is 9.93. The van der Waals surface area contributed by atoms with Crippen LogP contribution < -0.4 is 21.7 Å². The van der Waals surface area contributed by atoms with Gasteiger partial charge in [0, 0.05) is 6.42 Å². The third kappa shape index (κ3) is 10.1. The first-order valence-electron chi connectivity index (χ1n) is 12.3. The summed E-state index contributed by atoms with van der Waals surface area (Å²) in [7, 11) is 0. The van der Waals surface area contributed by atoms with E-state index in [1.165, 1.54) is 0 Å². The minimum atomic E-state index is -1.14. The van der Waals surface area contributed by atoms with Crippen LogP contribution in [0.15, 0.2) is 30.3 Å². The lowest BCUT2D eigenvalue weighted by atomic mass is 9.97. The summed E-state index contributed by atoms with van der Waals surface area (Å²) >= 11 is 0. The zero-order valence-corrected chi connectivity index (χ0v) is 21.7. The van der Waals surface area contributed by atoms with Crippen molar-refractivity contribution in [2.45, 2.75) is 85.0 Å². The first kappa shape index (κ1) is 30.1. The first-order valence-corrected chi connectivity index (χ1v) is 12.3. The maximum absolute atomic E-state index is 13.2. The van der Waals surface area contributed by atoms with Crippen LogP contribution in [0, 0.1) is 17.8 Å². The van der Waals surface area contributed by atoms with Crippen molar-refractivity contribution in [3.05, 3.63) is 35.9 Å². The Morgan fingerprint density at radius 1 is 0.857 bits per heavy atom. The summed E-state index contributed by atoms with van der Waals surface area (Å²) in [4.78, 5) is 50.7. The normalized spacial score (nSPS) is 15.6. The molecule has 9 heteroatoms. The number of rotatable bonds is 14. The van der Waals surface area contributed by atoms with Crippen LogP contribution in [0.5, 0.6) is 0 Å². The molecule has 9 nitrogen and oxygen atoms in total. The molecule has 1 aromatic carbocycles. The van der Waals surface area contributed by atoms with Gasteiger partial charge in [-0.3, -0.25) is 14.4 Å². The molecule has 5 atom stereocenters. The maximum Gasteiger partial charge on any atom is 0.326 e. The Bertz CT molecular complexity index is 843. The Morgan fingerprint density at radius 3 is 1.91 bits per heavy atom. The monoisotopic (exact) mass is 490 g/mol. The van der Waals surface area contributed by atoms with Gasteiger partial charge in [0.1, 0.15) is 18.1 Å². The summed E-state index contributed by atoms with van der Waals surface area (Å²) in [6, 6.07) is 5.35. The van der Waals surface area contributed by atoms with E-state index in [9.17, 15) is 24.3 Å². The zero-order valence-electron chi connectivity index (χ0n) is 21.7. The summed E-state index contributed by atoms with van der Waals surface area (Å²) in [5.41, 5.74) is 6.78. The van der Waals surface area contributed by atoms with Crippen molar-refractivity contribution in [2.24, 2.45) is 23.5 Å². The van der Waals surface area contributed by atoms with Gasteiger partial charge in [0.2, 0.25) is 17.7 Å². The van der Waals surface area contributed by atoms with E-state index in [2.05, 4.69) is 16.0 Å². The third-order valence-corrected chi connectivity index (χ3v) is 6.00. The number of hydrogen-bond donors (Lipinski definition) is 5. The molecule has 3 amide bonds. The van der Waals surface area contributed by atoms with E-state index < -0.39 is 47.9 Å². The lowest BCUT2D eigenvalue weighted by molar-refractivity contribution is -0.143. The van der Waals surface area contributed by atoms with Gasteiger partial charge in [-0.1, -0.05) is 78.3 Å². The highest BCUT2D eigenvalue weighted by Crippen LogP contribution is 2.11. The van der Waals surface area contributed by atoms with E-state index in [1.807, 2.05) is 51.1 Å². The second kappa shape index (κ2) is 14.5. The highest BCUT2D eigenvalue weighted by molar-refractivity contribution is 5.94. The average molecular weight is 491 g/mol. The fourth-order valence-corrected chi connectivity index (χ4v) is 3.67. The van der Waals surface area contributed by atoms with E-state index in [0.29, 0.717) is 12.8 Å². The van der Waals surface area contributed by atoms with Crippen LogP contribution in [-0.2, 0) is 25.6 Å². The number of benzene rings is 1. The largest absolute Gasteiger partial charge is 0.480 e.